The van der Waals surface area contributed by atoms with Gasteiger partial charge in [0, 0.05) is 23.7 Å². The lowest BCUT2D eigenvalue weighted by Gasteiger charge is -2.29. The number of fused-ring (bicyclic) bond motifs is 1. The molecular formula is C16H21N3S. The number of aromatic nitrogens is 1. The van der Waals surface area contributed by atoms with E-state index in [1.807, 2.05) is 7.05 Å². The summed E-state index contributed by atoms with van der Waals surface area (Å²) in [7, 11) is 1.97. The Hall–Kier alpha value is -1.39. The molecule has 1 aliphatic heterocycles. The number of hydrogen-bond acceptors (Lipinski definition) is 4. The quantitative estimate of drug-likeness (QED) is 0.930. The second-order valence-electron chi connectivity index (χ2n) is 5.45. The summed E-state index contributed by atoms with van der Waals surface area (Å²) in [6.07, 6.45) is 2.38. The standard InChI is InChI=1S/C16H21N3S/c1-11-6-7-15-13(9-11)5-4-8-19(15)16-18-14(10-20-16)12(2)17-3/h6-7,9-10,12,17H,4-5,8H2,1-3H3. The zero-order valence-corrected chi connectivity index (χ0v) is 13.1. The van der Waals surface area contributed by atoms with Gasteiger partial charge in [-0.15, -0.1) is 11.3 Å². The van der Waals surface area contributed by atoms with Crippen molar-refractivity contribution in [1.82, 2.24) is 10.3 Å². The van der Waals surface area contributed by atoms with Crippen molar-refractivity contribution in [3.05, 3.63) is 40.4 Å². The van der Waals surface area contributed by atoms with Crippen LogP contribution in [0, 0.1) is 6.92 Å². The Labute approximate surface area is 124 Å². The van der Waals surface area contributed by atoms with Gasteiger partial charge in [0.15, 0.2) is 5.13 Å². The monoisotopic (exact) mass is 287 g/mol. The molecule has 1 aromatic heterocycles. The summed E-state index contributed by atoms with van der Waals surface area (Å²) >= 11 is 1.74. The number of nitrogens with one attached hydrogen (secondary N) is 1. The molecule has 0 amide bonds. The number of benzene rings is 1. The minimum atomic E-state index is 0.308. The van der Waals surface area contributed by atoms with Crippen LogP contribution in [-0.4, -0.2) is 18.6 Å². The molecule has 2 aromatic rings. The van der Waals surface area contributed by atoms with E-state index in [-0.39, 0.29) is 0 Å². The molecule has 0 saturated heterocycles. The second-order valence-corrected chi connectivity index (χ2v) is 6.29. The molecule has 1 N–H and O–H groups in total. The van der Waals surface area contributed by atoms with E-state index in [4.69, 9.17) is 4.98 Å². The first kappa shape index (κ1) is 13.6. The predicted molar refractivity (Wildman–Crippen MR) is 86.1 cm³/mol. The topological polar surface area (TPSA) is 28.2 Å². The first-order valence-corrected chi connectivity index (χ1v) is 8.07. The summed E-state index contributed by atoms with van der Waals surface area (Å²) in [6.45, 7) is 5.37. The highest BCUT2D eigenvalue weighted by Gasteiger charge is 2.21. The first-order chi connectivity index (χ1) is 9.69. The molecular weight excluding hydrogens is 266 g/mol. The van der Waals surface area contributed by atoms with Crippen molar-refractivity contribution < 1.29 is 0 Å². The minimum absolute atomic E-state index is 0.308. The molecule has 4 heteroatoms. The number of nitrogens with zero attached hydrogens (tertiary/aromatic N) is 2. The van der Waals surface area contributed by atoms with Crippen LogP contribution in [0.3, 0.4) is 0 Å². The van der Waals surface area contributed by atoms with E-state index in [1.54, 1.807) is 11.3 Å². The molecule has 3 rings (SSSR count). The maximum atomic E-state index is 4.81. The van der Waals surface area contributed by atoms with Gasteiger partial charge >= 0.3 is 0 Å². The Morgan fingerprint density at radius 2 is 2.25 bits per heavy atom. The number of rotatable bonds is 3. The third kappa shape index (κ3) is 2.45. The fourth-order valence-corrected chi connectivity index (χ4v) is 3.63. The van der Waals surface area contributed by atoms with E-state index in [1.165, 1.54) is 29.7 Å². The highest BCUT2D eigenvalue weighted by molar-refractivity contribution is 7.13. The van der Waals surface area contributed by atoms with Gasteiger partial charge in [-0.1, -0.05) is 17.7 Å². The third-order valence-electron chi connectivity index (χ3n) is 3.97. The Bertz CT molecular complexity index is 606. The van der Waals surface area contributed by atoms with Crippen molar-refractivity contribution >= 4 is 22.2 Å². The molecule has 0 spiro atoms. The van der Waals surface area contributed by atoms with Gasteiger partial charge < -0.3 is 10.2 Å². The van der Waals surface area contributed by atoms with E-state index < -0.39 is 0 Å². The van der Waals surface area contributed by atoms with Gasteiger partial charge in [0.2, 0.25) is 0 Å². The van der Waals surface area contributed by atoms with Gasteiger partial charge in [-0.25, -0.2) is 4.98 Å². The Kier molecular flexibility index (Phi) is 3.76. The van der Waals surface area contributed by atoms with Gasteiger partial charge in [-0.3, -0.25) is 0 Å². The van der Waals surface area contributed by atoms with Crippen molar-refractivity contribution in [1.29, 1.82) is 0 Å². The summed E-state index contributed by atoms with van der Waals surface area (Å²) in [4.78, 5) is 7.18. The van der Waals surface area contributed by atoms with Crippen LogP contribution >= 0.6 is 11.3 Å². The van der Waals surface area contributed by atoms with Crippen LogP contribution in [0.5, 0.6) is 0 Å². The van der Waals surface area contributed by atoms with Crippen LogP contribution in [0.4, 0.5) is 10.8 Å². The molecule has 0 saturated carbocycles. The lowest BCUT2D eigenvalue weighted by molar-refractivity contribution is 0.636. The van der Waals surface area contributed by atoms with Crippen molar-refractivity contribution in [3.63, 3.8) is 0 Å². The first-order valence-electron chi connectivity index (χ1n) is 7.19. The van der Waals surface area contributed by atoms with Crippen LogP contribution in [0.2, 0.25) is 0 Å². The molecule has 3 nitrogen and oxygen atoms in total. The van der Waals surface area contributed by atoms with Gasteiger partial charge in [-0.2, -0.15) is 0 Å². The molecule has 20 heavy (non-hydrogen) atoms. The van der Waals surface area contributed by atoms with Crippen LogP contribution in [0.15, 0.2) is 23.6 Å². The molecule has 1 aliphatic rings. The van der Waals surface area contributed by atoms with Gasteiger partial charge in [0.05, 0.1) is 5.69 Å². The SMILES string of the molecule is CNC(C)c1csc(N2CCCc3cc(C)ccc32)n1. The van der Waals surface area contributed by atoms with Crippen LogP contribution in [-0.2, 0) is 6.42 Å². The number of hydrogen-bond donors (Lipinski definition) is 1. The average molecular weight is 287 g/mol. The van der Waals surface area contributed by atoms with Crippen molar-refractivity contribution in [2.75, 3.05) is 18.5 Å². The Morgan fingerprint density at radius 1 is 1.40 bits per heavy atom. The number of thiazole rings is 1. The second kappa shape index (κ2) is 5.54. The van der Waals surface area contributed by atoms with E-state index in [0.717, 1.165) is 17.4 Å². The molecule has 106 valence electrons. The zero-order valence-electron chi connectivity index (χ0n) is 12.3. The number of anilines is 2. The molecule has 1 aromatic carbocycles. The van der Waals surface area contributed by atoms with Crippen LogP contribution < -0.4 is 10.2 Å². The lowest BCUT2D eigenvalue weighted by Crippen LogP contribution is -2.24. The number of aryl methyl sites for hydroxylation is 2. The maximum Gasteiger partial charge on any atom is 0.190 e. The molecule has 2 heterocycles. The van der Waals surface area contributed by atoms with E-state index in [2.05, 4.69) is 47.6 Å². The summed E-state index contributed by atoms with van der Waals surface area (Å²) in [6, 6.07) is 7.06. The van der Waals surface area contributed by atoms with Crippen LogP contribution in [0.1, 0.15) is 36.2 Å². The average Bonchev–Trinajstić information content (AvgIpc) is 2.95. The molecule has 0 fully saturated rings. The summed E-state index contributed by atoms with van der Waals surface area (Å²) < 4.78 is 0. The third-order valence-corrected chi connectivity index (χ3v) is 4.85. The van der Waals surface area contributed by atoms with E-state index >= 15 is 0 Å². The summed E-state index contributed by atoms with van der Waals surface area (Å²) in [5.74, 6) is 0. The van der Waals surface area contributed by atoms with Gasteiger partial charge in [0.25, 0.3) is 0 Å². The van der Waals surface area contributed by atoms with Crippen molar-refractivity contribution in [2.45, 2.75) is 32.7 Å². The molecule has 0 aliphatic carbocycles. The van der Waals surface area contributed by atoms with Gasteiger partial charge in [-0.05, 0) is 45.4 Å². The fraction of sp³-hybridized carbons (Fsp3) is 0.438. The summed E-state index contributed by atoms with van der Waals surface area (Å²) in [5.41, 5.74) is 5.26. The maximum absolute atomic E-state index is 4.81. The highest BCUT2D eigenvalue weighted by Crippen LogP contribution is 2.36. The Balaban J connectivity index is 1.94. The van der Waals surface area contributed by atoms with E-state index in [0.29, 0.717) is 6.04 Å². The lowest BCUT2D eigenvalue weighted by atomic mass is 10.00. The molecule has 0 radical (unpaired) electrons. The largest absolute Gasteiger partial charge is 0.318 e. The van der Waals surface area contributed by atoms with Gasteiger partial charge in [0.1, 0.15) is 0 Å². The minimum Gasteiger partial charge on any atom is -0.318 e. The van der Waals surface area contributed by atoms with Crippen molar-refractivity contribution in [2.24, 2.45) is 0 Å². The van der Waals surface area contributed by atoms with E-state index in [9.17, 15) is 0 Å². The molecule has 1 atom stereocenters. The molecule has 1 unspecified atom stereocenters. The fourth-order valence-electron chi connectivity index (χ4n) is 2.67. The van der Waals surface area contributed by atoms with Crippen LogP contribution in [0.25, 0.3) is 0 Å². The predicted octanol–water partition coefficient (Wildman–Crippen LogP) is 3.82. The molecule has 0 bridgehead atoms. The highest BCUT2D eigenvalue weighted by atomic mass is 32.1. The normalized spacial score (nSPS) is 16.1. The smallest absolute Gasteiger partial charge is 0.190 e. The zero-order chi connectivity index (χ0) is 14.1. The Morgan fingerprint density at radius 3 is 3.05 bits per heavy atom. The summed E-state index contributed by atoms with van der Waals surface area (Å²) in [5, 5.41) is 6.53. The van der Waals surface area contributed by atoms with Crippen molar-refractivity contribution in [3.8, 4) is 0 Å².